The first-order valence-corrected chi connectivity index (χ1v) is 6.22. The maximum absolute atomic E-state index is 13.6. The second-order valence-electron chi connectivity index (χ2n) is 4.66. The summed E-state index contributed by atoms with van der Waals surface area (Å²) < 4.78 is 13.6. The summed E-state index contributed by atoms with van der Waals surface area (Å²) in [7, 11) is 0. The zero-order valence-corrected chi connectivity index (χ0v) is 10.2. The van der Waals surface area contributed by atoms with Gasteiger partial charge in [0.25, 0.3) is 5.91 Å². The fraction of sp³-hybridized carbons (Fsp3) is 0.200. The molecule has 2 atom stereocenters. The van der Waals surface area contributed by atoms with E-state index in [2.05, 4.69) is 10.3 Å². The van der Waals surface area contributed by atoms with Crippen molar-refractivity contribution in [2.24, 2.45) is 0 Å². The molecule has 2 aromatic rings. The van der Waals surface area contributed by atoms with Crippen LogP contribution in [0.2, 0.25) is 0 Å². The van der Waals surface area contributed by atoms with Crippen LogP contribution in [0, 0.1) is 5.82 Å². The summed E-state index contributed by atoms with van der Waals surface area (Å²) in [5, 5.41) is 2.88. The molecule has 0 saturated heterocycles. The lowest BCUT2D eigenvalue weighted by Crippen LogP contribution is -2.27. The maximum atomic E-state index is 13.6. The molecule has 1 aromatic heterocycles. The van der Waals surface area contributed by atoms with Crippen LogP contribution in [0.5, 0.6) is 0 Å². The molecule has 0 aliphatic heterocycles. The fourth-order valence-electron chi connectivity index (χ4n) is 2.21. The number of aromatic nitrogens is 1. The predicted octanol–water partition coefficient (Wildman–Crippen LogP) is 2.51. The van der Waals surface area contributed by atoms with Gasteiger partial charge in [-0.1, -0.05) is 24.3 Å². The number of hydrogen-bond acceptors (Lipinski definition) is 2. The molecule has 19 heavy (non-hydrogen) atoms. The van der Waals surface area contributed by atoms with Crippen molar-refractivity contribution in [2.45, 2.75) is 18.4 Å². The van der Waals surface area contributed by atoms with Crippen molar-refractivity contribution in [1.29, 1.82) is 0 Å². The van der Waals surface area contributed by atoms with E-state index in [1.54, 1.807) is 36.5 Å². The van der Waals surface area contributed by atoms with Gasteiger partial charge in [-0.3, -0.25) is 9.78 Å². The largest absolute Gasteiger partial charge is 0.347 e. The molecule has 1 saturated carbocycles. The molecule has 0 radical (unpaired) electrons. The Bertz CT molecular complexity index is 600. The number of rotatable bonds is 3. The van der Waals surface area contributed by atoms with Gasteiger partial charge in [0.05, 0.1) is 0 Å². The highest BCUT2D eigenvalue weighted by molar-refractivity contribution is 5.92. The lowest BCUT2D eigenvalue weighted by molar-refractivity contribution is 0.0945. The summed E-state index contributed by atoms with van der Waals surface area (Å²) in [5.41, 5.74) is 1.07. The number of hydrogen-bond donors (Lipinski definition) is 1. The van der Waals surface area contributed by atoms with Crippen LogP contribution in [-0.4, -0.2) is 16.9 Å². The SMILES string of the molecule is O=C(NC1CC1c1ccccc1F)c1ccccn1. The molecule has 1 fully saturated rings. The third-order valence-electron chi connectivity index (χ3n) is 3.31. The Balaban J connectivity index is 1.65. The van der Waals surface area contributed by atoms with Gasteiger partial charge < -0.3 is 5.32 Å². The van der Waals surface area contributed by atoms with E-state index in [1.807, 2.05) is 6.07 Å². The number of carbonyl (C=O) groups excluding carboxylic acids is 1. The molecule has 1 aromatic carbocycles. The molecular weight excluding hydrogens is 243 g/mol. The van der Waals surface area contributed by atoms with Gasteiger partial charge >= 0.3 is 0 Å². The monoisotopic (exact) mass is 256 g/mol. The molecule has 3 nitrogen and oxygen atoms in total. The summed E-state index contributed by atoms with van der Waals surface area (Å²) in [4.78, 5) is 15.9. The van der Waals surface area contributed by atoms with Gasteiger partial charge in [0, 0.05) is 18.2 Å². The van der Waals surface area contributed by atoms with E-state index < -0.39 is 0 Å². The summed E-state index contributed by atoms with van der Waals surface area (Å²) in [6, 6.07) is 11.9. The first kappa shape index (κ1) is 11.8. The number of amides is 1. The fourth-order valence-corrected chi connectivity index (χ4v) is 2.21. The Kier molecular flexibility index (Phi) is 2.99. The molecule has 3 rings (SSSR count). The van der Waals surface area contributed by atoms with Crippen molar-refractivity contribution in [2.75, 3.05) is 0 Å². The number of pyridine rings is 1. The molecule has 0 spiro atoms. The Morgan fingerprint density at radius 2 is 2.00 bits per heavy atom. The van der Waals surface area contributed by atoms with Crippen molar-refractivity contribution in [3.63, 3.8) is 0 Å². The van der Waals surface area contributed by atoms with Gasteiger partial charge in [-0.2, -0.15) is 0 Å². The molecule has 1 N–H and O–H groups in total. The third-order valence-corrected chi connectivity index (χ3v) is 3.31. The lowest BCUT2D eigenvalue weighted by atomic mass is 10.1. The van der Waals surface area contributed by atoms with E-state index in [1.165, 1.54) is 6.07 Å². The van der Waals surface area contributed by atoms with Crippen LogP contribution in [0.3, 0.4) is 0 Å². The quantitative estimate of drug-likeness (QED) is 0.916. The minimum Gasteiger partial charge on any atom is -0.347 e. The number of nitrogens with zero attached hydrogens (tertiary/aromatic N) is 1. The number of halogens is 1. The molecule has 1 amide bonds. The second kappa shape index (κ2) is 4.80. The molecule has 4 heteroatoms. The Morgan fingerprint density at radius 3 is 2.74 bits per heavy atom. The van der Waals surface area contributed by atoms with E-state index >= 15 is 0 Å². The van der Waals surface area contributed by atoms with Gasteiger partial charge in [-0.15, -0.1) is 0 Å². The molecule has 1 aliphatic rings. The van der Waals surface area contributed by atoms with E-state index in [0.29, 0.717) is 11.3 Å². The summed E-state index contributed by atoms with van der Waals surface area (Å²) in [6.07, 6.45) is 2.36. The predicted molar refractivity (Wildman–Crippen MR) is 69.2 cm³/mol. The van der Waals surface area contributed by atoms with Crippen LogP contribution >= 0.6 is 0 Å². The zero-order chi connectivity index (χ0) is 13.2. The van der Waals surface area contributed by atoms with Crippen LogP contribution in [0.4, 0.5) is 4.39 Å². The summed E-state index contributed by atoms with van der Waals surface area (Å²) >= 11 is 0. The Labute approximate surface area is 110 Å². The number of carbonyl (C=O) groups is 1. The van der Waals surface area contributed by atoms with E-state index in [4.69, 9.17) is 0 Å². The highest BCUT2D eigenvalue weighted by Crippen LogP contribution is 2.41. The maximum Gasteiger partial charge on any atom is 0.270 e. The molecule has 1 aliphatic carbocycles. The molecular formula is C15H13FN2O. The summed E-state index contributed by atoms with van der Waals surface area (Å²) in [6.45, 7) is 0. The third kappa shape index (κ3) is 2.47. The minimum atomic E-state index is -0.206. The van der Waals surface area contributed by atoms with Crippen LogP contribution in [-0.2, 0) is 0 Å². The molecule has 96 valence electrons. The Morgan fingerprint density at radius 1 is 1.21 bits per heavy atom. The highest BCUT2D eigenvalue weighted by Gasteiger charge is 2.41. The van der Waals surface area contributed by atoms with E-state index in [0.717, 1.165) is 6.42 Å². The average molecular weight is 256 g/mol. The van der Waals surface area contributed by atoms with Gasteiger partial charge in [0.2, 0.25) is 0 Å². The van der Waals surface area contributed by atoms with Gasteiger partial charge in [0.15, 0.2) is 0 Å². The highest BCUT2D eigenvalue weighted by atomic mass is 19.1. The van der Waals surface area contributed by atoms with Crippen LogP contribution in [0.25, 0.3) is 0 Å². The molecule has 0 bridgehead atoms. The second-order valence-corrected chi connectivity index (χ2v) is 4.66. The average Bonchev–Trinajstić information content (AvgIpc) is 3.19. The first-order valence-electron chi connectivity index (χ1n) is 6.22. The van der Waals surface area contributed by atoms with Crippen molar-refractivity contribution in [3.05, 3.63) is 65.7 Å². The first-order chi connectivity index (χ1) is 9.25. The molecule has 2 unspecified atom stereocenters. The number of benzene rings is 1. The lowest BCUT2D eigenvalue weighted by Gasteiger charge is -2.05. The van der Waals surface area contributed by atoms with Crippen molar-refractivity contribution >= 4 is 5.91 Å². The van der Waals surface area contributed by atoms with Crippen LogP contribution < -0.4 is 5.32 Å². The van der Waals surface area contributed by atoms with E-state index in [-0.39, 0.29) is 23.7 Å². The van der Waals surface area contributed by atoms with Crippen LogP contribution in [0.15, 0.2) is 48.7 Å². The van der Waals surface area contributed by atoms with Gasteiger partial charge in [-0.05, 0) is 30.2 Å². The topological polar surface area (TPSA) is 42.0 Å². The Hall–Kier alpha value is -2.23. The van der Waals surface area contributed by atoms with Crippen molar-refractivity contribution < 1.29 is 9.18 Å². The van der Waals surface area contributed by atoms with E-state index in [9.17, 15) is 9.18 Å². The zero-order valence-electron chi connectivity index (χ0n) is 10.2. The normalized spacial score (nSPS) is 20.9. The molecule has 1 heterocycles. The smallest absolute Gasteiger partial charge is 0.270 e. The van der Waals surface area contributed by atoms with Gasteiger partial charge in [0.1, 0.15) is 11.5 Å². The standard InChI is InChI=1S/C15H13FN2O/c16-12-6-2-1-5-10(12)11-9-14(11)18-15(19)13-7-3-4-8-17-13/h1-8,11,14H,9H2,(H,18,19). The van der Waals surface area contributed by atoms with Crippen molar-refractivity contribution in [3.8, 4) is 0 Å². The summed E-state index contributed by atoms with van der Waals surface area (Å²) in [5.74, 6) is -0.333. The van der Waals surface area contributed by atoms with Crippen molar-refractivity contribution in [1.82, 2.24) is 10.3 Å². The van der Waals surface area contributed by atoms with Gasteiger partial charge in [-0.25, -0.2) is 4.39 Å². The number of nitrogens with one attached hydrogen (secondary N) is 1. The van der Waals surface area contributed by atoms with Crippen LogP contribution in [0.1, 0.15) is 28.4 Å². The minimum absolute atomic E-state index is 0.00593.